The highest BCUT2D eigenvalue weighted by molar-refractivity contribution is 7.13. The molecule has 3 rings (SSSR count). The first-order valence-electron chi connectivity index (χ1n) is 7.34. The normalized spacial score (nSPS) is 10.7. The summed E-state index contributed by atoms with van der Waals surface area (Å²) in [7, 11) is 1.91. The maximum Gasteiger partial charge on any atom is 0.271 e. The van der Waals surface area contributed by atoms with E-state index in [4.69, 9.17) is 0 Å². The summed E-state index contributed by atoms with van der Waals surface area (Å²) in [6.45, 7) is 4.46. The number of carbonyl (C=O) groups is 1. The highest BCUT2D eigenvalue weighted by atomic mass is 32.1. The first kappa shape index (κ1) is 15.4. The quantitative estimate of drug-likeness (QED) is 0.801. The summed E-state index contributed by atoms with van der Waals surface area (Å²) in [4.78, 5) is 16.7. The number of aryl methyl sites for hydroxylation is 2. The first-order chi connectivity index (χ1) is 11.1. The van der Waals surface area contributed by atoms with Crippen LogP contribution < -0.4 is 5.32 Å². The van der Waals surface area contributed by atoms with Gasteiger partial charge >= 0.3 is 0 Å². The third kappa shape index (κ3) is 3.17. The van der Waals surface area contributed by atoms with Gasteiger partial charge in [0.15, 0.2) is 0 Å². The molecule has 0 spiro atoms. The predicted octanol–water partition coefficient (Wildman–Crippen LogP) is 3.09. The van der Waals surface area contributed by atoms with Gasteiger partial charge in [0.2, 0.25) is 0 Å². The third-order valence-corrected chi connectivity index (χ3v) is 4.62. The molecule has 0 atom stereocenters. The number of carbonyl (C=O) groups excluding carboxylic acids is 1. The lowest BCUT2D eigenvalue weighted by molar-refractivity contribution is 0.0946. The maximum absolute atomic E-state index is 12.2. The molecule has 1 aromatic carbocycles. The van der Waals surface area contributed by atoms with Crippen molar-refractivity contribution in [3.8, 4) is 10.6 Å². The molecule has 23 heavy (non-hydrogen) atoms. The van der Waals surface area contributed by atoms with Crippen LogP contribution in [0.1, 0.15) is 27.4 Å². The smallest absolute Gasteiger partial charge is 0.271 e. The van der Waals surface area contributed by atoms with Crippen molar-refractivity contribution in [1.29, 1.82) is 0 Å². The van der Waals surface area contributed by atoms with Crippen LogP contribution in [-0.4, -0.2) is 20.7 Å². The lowest BCUT2D eigenvalue weighted by Gasteiger charge is -2.03. The molecule has 0 bridgehead atoms. The van der Waals surface area contributed by atoms with E-state index >= 15 is 0 Å². The zero-order valence-corrected chi connectivity index (χ0v) is 14.1. The van der Waals surface area contributed by atoms with E-state index in [9.17, 15) is 4.79 Å². The molecular formula is C17H18N4OS. The summed E-state index contributed by atoms with van der Waals surface area (Å²) in [6.07, 6.45) is 0. The van der Waals surface area contributed by atoms with Gasteiger partial charge in [0.1, 0.15) is 10.7 Å². The largest absolute Gasteiger partial charge is 0.347 e. The van der Waals surface area contributed by atoms with Gasteiger partial charge in [-0.15, -0.1) is 11.3 Å². The molecule has 0 saturated heterocycles. The first-order valence-corrected chi connectivity index (χ1v) is 8.22. The summed E-state index contributed by atoms with van der Waals surface area (Å²) in [5.41, 5.74) is 4.50. The minimum atomic E-state index is -0.157. The molecule has 0 aliphatic carbocycles. The van der Waals surface area contributed by atoms with Gasteiger partial charge in [-0.1, -0.05) is 30.3 Å². The van der Waals surface area contributed by atoms with Gasteiger partial charge in [-0.3, -0.25) is 9.48 Å². The monoisotopic (exact) mass is 326 g/mol. The number of nitrogens with zero attached hydrogens (tertiary/aromatic N) is 3. The van der Waals surface area contributed by atoms with E-state index in [1.165, 1.54) is 11.3 Å². The summed E-state index contributed by atoms with van der Waals surface area (Å²) >= 11 is 1.47. The molecule has 5 nitrogen and oxygen atoms in total. The Hall–Kier alpha value is -2.47. The highest BCUT2D eigenvalue weighted by Gasteiger charge is 2.17. The SMILES string of the molecule is Cc1nn(C)c(C)c1-c1nc(C(=O)NCc2ccccc2)cs1. The fourth-order valence-electron chi connectivity index (χ4n) is 2.44. The van der Waals surface area contributed by atoms with Crippen molar-refractivity contribution in [1.82, 2.24) is 20.1 Å². The zero-order valence-electron chi connectivity index (χ0n) is 13.3. The number of amides is 1. The van der Waals surface area contributed by atoms with Gasteiger partial charge < -0.3 is 5.32 Å². The van der Waals surface area contributed by atoms with E-state index < -0.39 is 0 Å². The number of thiazole rings is 1. The minimum Gasteiger partial charge on any atom is -0.347 e. The Bertz CT molecular complexity index is 836. The van der Waals surface area contributed by atoms with Crippen LogP contribution in [-0.2, 0) is 13.6 Å². The molecular weight excluding hydrogens is 308 g/mol. The fraction of sp³-hybridized carbons (Fsp3) is 0.235. The summed E-state index contributed by atoms with van der Waals surface area (Å²) < 4.78 is 1.83. The molecule has 118 valence electrons. The number of hydrogen-bond acceptors (Lipinski definition) is 4. The molecule has 0 aliphatic heterocycles. The van der Waals surface area contributed by atoms with Crippen LogP contribution >= 0.6 is 11.3 Å². The topological polar surface area (TPSA) is 59.8 Å². The van der Waals surface area contributed by atoms with E-state index in [0.29, 0.717) is 12.2 Å². The van der Waals surface area contributed by atoms with Crippen LogP contribution in [0.3, 0.4) is 0 Å². The average Bonchev–Trinajstić information content (AvgIpc) is 3.11. The summed E-state index contributed by atoms with van der Waals surface area (Å²) in [6, 6.07) is 9.83. The van der Waals surface area contributed by atoms with E-state index in [0.717, 1.165) is 27.5 Å². The van der Waals surface area contributed by atoms with Crippen molar-refractivity contribution in [2.75, 3.05) is 0 Å². The van der Waals surface area contributed by atoms with Gasteiger partial charge in [-0.2, -0.15) is 5.10 Å². The van der Waals surface area contributed by atoms with E-state index in [-0.39, 0.29) is 5.91 Å². The van der Waals surface area contributed by atoms with Gasteiger partial charge in [-0.25, -0.2) is 4.98 Å². The van der Waals surface area contributed by atoms with Gasteiger partial charge in [0.25, 0.3) is 5.91 Å². The maximum atomic E-state index is 12.2. The van der Waals surface area contributed by atoms with Crippen LogP contribution in [0.2, 0.25) is 0 Å². The molecule has 0 aliphatic rings. The average molecular weight is 326 g/mol. The lowest BCUT2D eigenvalue weighted by atomic mass is 10.2. The van der Waals surface area contributed by atoms with Crippen molar-refractivity contribution in [2.45, 2.75) is 20.4 Å². The molecule has 6 heteroatoms. The van der Waals surface area contributed by atoms with Crippen molar-refractivity contribution >= 4 is 17.2 Å². The second-order valence-electron chi connectivity index (χ2n) is 5.38. The Balaban J connectivity index is 1.75. The van der Waals surface area contributed by atoms with Gasteiger partial charge in [0.05, 0.1) is 11.3 Å². The second-order valence-corrected chi connectivity index (χ2v) is 6.23. The van der Waals surface area contributed by atoms with Crippen LogP contribution in [0, 0.1) is 13.8 Å². The zero-order chi connectivity index (χ0) is 16.4. The molecule has 0 radical (unpaired) electrons. The fourth-order valence-corrected chi connectivity index (χ4v) is 3.39. The molecule has 2 heterocycles. The Labute approximate surface area is 139 Å². The number of aromatic nitrogens is 3. The minimum absolute atomic E-state index is 0.157. The Morgan fingerprint density at radius 2 is 2.00 bits per heavy atom. The predicted molar refractivity (Wildman–Crippen MR) is 91.4 cm³/mol. The number of nitrogens with one attached hydrogen (secondary N) is 1. The second kappa shape index (κ2) is 6.34. The molecule has 1 amide bonds. The van der Waals surface area contributed by atoms with Crippen molar-refractivity contribution in [3.63, 3.8) is 0 Å². The van der Waals surface area contributed by atoms with Crippen LogP contribution in [0.15, 0.2) is 35.7 Å². The number of rotatable bonds is 4. The Kier molecular flexibility index (Phi) is 4.25. The number of benzene rings is 1. The molecule has 0 saturated carbocycles. The van der Waals surface area contributed by atoms with Crippen molar-refractivity contribution in [3.05, 3.63) is 58.4 Å². The summed E-state index contributed by atoms with van der Waals surface area (Å²) in [5.74, 6) is -0.157. The van der Waals surface area contributed by atoms with Crippen molar-refractivity contribution < 1.29 is 4.79 Å². The molecule has 3 aromatic rings. The molecule has 0 fully saturated rings. The van der Waals surface area contributed by atoms with Gasteiger partial charge in [0, 0.05) is 24.7 Å². The van der Waals surface area contributed by atoms with E-state index in [1.54, 1.807) is 5.38 Å². The molecule has 1 N–H and O–H groups in total. The lowest BCUT2D eigenvalue weighted by Crippen LogP contribution is -2.23. The van der Waals surface area contributed by atoms with Crippen LogP contribution in [0.4, 0.5) is 0 Å². The molecule has 2 aromatic heterocycles. The third-order valence-electron chi connectivity index (χ3n) is 3.76. The van der Waals surface area contributed by atoms with E-state index in [1.807, 2.05) is 55.9 Å². The Morgan fingerprint density at radius 3 is 2.65 bits per heavy atom. The standard InChI is InChI=1S/C17H18N4OS/c1-11-15(12(2)21(3)20-11)17-19-14(10-23-17)16(22)18-9-13-7-5-4-6-8-13/h4-8,10H,9H2,1-3H3,(H,18,22). The van der Waals surface area contributed by atoms with Crippen LogP contribution in [0.5, 0.6) is 0 Å². The van der Waals surface area contributed by atoms with Crippen LogP contribution in [0.25, 0.3) is 10.6 Å². The number of hydrogen-bond donors (Lipinski definition) is 1. The van der Waals surface area contributed by atoms with E-state index in [2.05, 4.69) is 15.4 Å². The Morgan fingerprint density at radius 1 is 1.26 bits per heavy atom. The molecule has 0 unspecified atom stereocenters. The summed E-state index contributed by atoms with van der Waals surface area (Å²) in [5, 5.41) is 9.92. The van der Waals surface area contributed by atoms with Gasteiger partial charge in [-0.05, 0) is 19.4 Å². The van der Waals surface area contributed by atoms with Crippen molar-refractivity contribution in [2.24, 2.45) is 7.05 Å². The highest BCUT2D eigenvalue weighted by Crippen LogP contribution is 2.29.